The summed E-state index contributed by atoms with van der Waals surface area (Å²) in [6.45, 7) is 6.13. The van der Waals surface area contributed by atoms with Crippen LogP contribution < -0.4 is 10.7 Å². The fourth-order valence-corrected chi connectivity index (χ4v) is 4.46. The molecule has 0 spiro atoms. The van der Waals surface area contributed by atoms with Gasteiger partial charge in [-0.3, -0.25) is 5.84 Å². The second-order valence-electron chi connectivity index (χ2n) is 6.86. The molecule has 2 N–H and O–H groups in total. The molecule has 3 aromatic rings. The number of thiazole rings is 1. The Bertz CT molecular complexity index is 915. The molecule has 0 bridgehead atoms. The lowest BCUT2D eigenvalue weighted by atomic mass is 10.0. The summed E-state index contributed by atoms with van der Waals surface area (Å²) in [7, 11) is 1.89. The zero-order valence-corrected chi connectivity index (χ0v) is 16.1. The number of fused-ring (bicyclic) bond motifs is 1. The zero-order chi connectivity index (χ0) is 18.1. The monoisotopic (exact) mass is 368 g/mol. The van der Waals surface area contributed by atoms with Gasteiger partial charge >= 0.3 is 0 Å². The minimum atomic E-state index is 0.669. The number of nitrogens with zero attached hydrogens (tertiary/aromatic N) is 3. The molecule has 26 heavy (non-hydrogen) atoms. The van der Waals surface area contributed by atoms with Crippen molar-refractivity contribution in [1.82, 2.24) is 9.99 Å². The van der Waals surface area contributed by atoms with Gasteiger partial charge in [0.15, 0.2) is 5.13 Å². The van der Waals surface area contributed by atoms with Gasteiger partial charge in [0.2, 0.25) is 0 Å². The molecule has 2 aromatic carbocycles. The lowest BCUT2D eigenvalue weighted by Crippen LogP contribution is -2.36. The van der Waals surface area contributed by atoms with Gasteiger partial charge in [-0.05, 0) is 35.7 Å². The molecule has 0 amide bonds. The van der Waals surface area contributed by atoms with E-state index in [0.717, 1.165) is 37.0 Å². The number of rotatable bonds is 4. The van der Waals surface area contributed by atoms with E-state index in [1.165, 1.54) is 27.0 Å². The predicted molar refractivity (Wildman–Crippen MR) is 108 cm³/mol. The maximum Gasteiger partial charge on any atom is 0.186 e. The van der Waals surface area contributed by atoms with Gasteiger partial charge in [-0.2, -0.15) is 0 Å². The van der Waals surface area contributed by atoms with Gasteiger partial charge in [0.1, 0.15) is 0 Å². The van der Waals surface area contributed by atoms with Crippen molar-refractivity contribution in [2.24, 2.45) is 5.84 Å². The Balaban J connectivity index is 1.81. The molecule has 1 fully saturated rings. The summed E-state index contributed by atoms with van der Waals surface area (Å²) >= 11 is 1.76. The van der Waals surface area contributed by atoms with E-state index in [1.54, 1.807) is 16.3 Å². The Morgan fingerprint density at radius 2 is 2.00 bits per heavy atom. The maximum absolute atomic E-state index is 5.96. The first-order chi connectivity index (χ1) is 12.6. The molecule has 4 rings (SSSR count). The molecular formula is C20H24N4OS. The van der Waals surface area contributed by atoms with E-state index in [9.17, 15) is 0 Å². The van der Waals surface area contributed by atoms with Gasteiger partial charge < -0.3 is 9.64 Å². The Morgan fingerprint density at radius 3 is 2.73 bits per heavy atom. The van der Waals surface area contributed by atoms with E-state index < -0.39 is 0 Å². The van der Waals surface area contributed by atoms with Crippen molar-refractivity contribution in [2.45, 2.75) is 13.5 Å². The van der Waals surface area contributed by atoms with E-state index in [4.69, 9.17) is 15.6 Å². The number of morpholine rings is 1. The number of ether oxygens (including phenoxy) is 1. The number of hydrogen-bond acceptors (Lipinski definition) is 6. The van der Waals surface area contributed by atoms with Crippen LogP contribution in [0.3, 0.4) is 0 Å². The third kappa shape index (κ3) is 3.59. The number of hydrogen-bond donors (Lipinski definition) is 1. The van der Waals surface area contributed by atoms with Crippen LogP contribution in [0.2, 0.25) is 0 Å². The van der Waals surface area contributed by atoms with E-state index in [0.29, 0.717) is 6.54 Å². The summed E-state index contributed by atoms with van der Waals surface area (Å²) < 4.78 is 6.68. The van der Waals surface area contributed by atoms with E-state index in [2.05, 4.69) is 48.2 Å². The molecule has 0 radical (unpaired) electrons. The molecule has 1 aliphatic rings. The predicted octanol–water partition coefficient (Wildman–Crippen LogP) is 3.41. The highest BCUT2D eigenvalue weighted by molar-refractivity contribution is 7.22. The maximum atomic E-state index is 5.96. The summed E-state index contributed by atoms with van der Waals surface area (Å²) in [5.74, 6) is 5.96. The van der Waals surface area contributed by atoms with Gasteiger partial charge in [0.05, 0.1) is 23.4 Å². The molecule has 0 saturated carbocycles. The molecule has 0 unspecified atom stereocenters. The van der Waals surface area contributed by atoms with Crippen molar-refractivity contribution < 1.29 is 4.74 Å². The summed E-state index contributed by atoms with van der Waals surface area (Å²) in [5.41, 5.74) is 5.94. The largest absolute Gasteiger partial charge is 0.378 e. The number of benzene rings is 2. The summed E-state index contributed by atoms with van der Waals surface area (Å²) in [5, 5.41) is 2.79. The van der Waals surface area contributed by atoms with Gasteiger partial charge in [0.25, 0.3) is 0 Å². The molecule has 5 nitrogen and oxygen atoms in total. The van der Waals surface area contributed by atoms with Crippen LogP contribution in [0.5, 0.6) is 0 Å². The highest BCUT2D eigenvalue weighted by Crippen LogP contribution is 2.35. The first-order valence-electron chi connectivity index (χ1n) is 8.89. The Kier molecular flexibility index (Phi) is 4.91. The average molecular weight is 369 g/mol. The third-order valence-corrected chi connectivity index (χ3v) is 5.68. The van der Waals surface area contributed by atoms with Crippen LogP contribution in [0.15, 0.2) is 36.4 Å². The first kappa shape index (κ1) is 17.4. The van der Waals surface area contributed by atoms with Crippen molar-refractivity contribution in [3.8, 4) is 11.1 Å². The molecule has 0 aliphatic carbocycles. The highest BCUT2D eigenvalue weighted by atomic mass is 32.1. The molecule has 2 heterocycles. The number of nitrogens with two attached hydrogens (primary N) is 1. The average Bonchev–Trinajstić information content (AvgIpc) is 3.06. The zero-order valence-electron chi connectivity index (χ0n) is 15.2. The number of aromatic nitrogens is 1. The molecule has 1 aliphatic heterocycles. The molecule has 6 heteroatoms. The van der Waals surface area contributed by atoms with Crippen LogP contribution in [0.25, 0.3) is 21.3 Å². The van der Waals surface area contributed by atoms with E-state index in [-0.39, 0.29) is 0 Å². The van der Waals surface area contributed by atoms with Crippen LogP contribution in [0, 0.1) is 6.92 Å². The van der Waals surface area contributed by atoms with E-state index in [1.807, 2.05) is 7.05 Å². The smallest absolute Gasteiger partial charge is 0.186 e. The SMILES string of the molecule is Cc1cccc(-c2cc(CN(C)N)c3nc(N4CCOCC4)sc3c2)c1. The molecule has 1 saturated heterocycles. The normalized spacial score (nSPS) is 15.2. The fraction of sp³-hybridized carbons (Fsp3) is 0.350. The number of aryl methyl sites for hydroxylation is 1. The summed E-state index contributed by atoms with van der Waals surface area (Å²) in [6, 6.07) is 13.1. The van der Waals surface area contributed by atoms with Crippen molar-refractivity contribution in [2.75, 3.05) is 38.3 Å². The van der Waals surface area contributed by atoms with Gasteiger partial charge in [-0.15, -0.1) is 0 Å². The summed E-state index contributed by atoms with van der Waals surface area (Å²) in [4.78, 5) is 7.26. The van der Waals surface area contributed by atoms with Crippen LogP contribution >= 0.6 is 11.3 Å². The first-order valence-corrected chi connectivity index (χ1v) is 9.71. The van der Waals surface area contributed by atoms with Gasteiger partial charge in [-0.25, -0.2) is 9.99 Å². The molecular weight excluding hydrogens is 344 g/mol. The standard InChI is InChI=1S/C20H24N4OS/c1-14-4-3-5-15(10-14)16-11-17(13-23(2)21)19-18(12-16)26-20(22-19)24-6-8-25-9-7-24/h3-5,10-12H,6-9,13,21H2,1-2H3. The van der Waals surface area contributed by atoms with Crippen LogP contribution in [-0.2, 0) is 11.3 Å². The topological polar surface area (TPSA) is 54.6 Å². The van der Waals surface area contributed by atoms with Crippen molar-refractivity contribution in [3.63, 3.8) is 0 Å². The lowest BCUT2D eigenvalue weighted by Gasteiger charge is -2.25. The molecule has 1 aromatic heterocycles. The van der Waals surface area contributed by atoms with Crippen molar-refractivity contribution >= 4 is 26.7 Å². The van der Waals surface area contributed by atoms with Crippen molar-refractivity contribution in [3.05, 3.63) is 47.5 Å². The fourth-order valence-electron chi connectivity index (χ4n) is 3.36. The van der Waals surface area contributed by atoms with Crippen LogP contribution in [0.1, 0.15) is 11.1 Å². The Labute approximate surface area is 158 Å². The summed E-state index contributed by atoms with van der Waals surface area (Å²) in [6.07, 6.45) is 0. The second kappa shape index (κ2) is 7.32. The van der Waals surface area contributed by atoms with Crippen LogP contribution in [-0.4, -0.2) is 43.3 Å². The Morgan fingerprint density at radius 1 is 1.19 bits per heavy atom. The van der Waals surface area contributed by atoms with Crippen LogP contribution in [0.4, 0.5) is 5.13 Å². The molecule has 0 atom stereocenters. The third-order valence-electron chi connectivity index (χ3n) is 4.62. The second-order valence-corrected chi connectivity index (χ2v) is 7.87. The van der Waals surface area contributed by atoms with E-state index >= 15 is 0 Å². The molecule has 136 valence electrons. The van der Waals surface area contributed by atoms with Gasteiger partial charge in [-0.1, -0.05) is 41.2 Å². The van der Waals surface area contributed by atoms with Gasteiger partial charge in [0, 0.05) is 26.7 Å². The minimum absolute atomic E-state index is 0.669. The number of anilines is 1. The lowest BCUT2D eigenvalue weighted by molar-refractivity contribution is 0.122. The highest BCUT2D eigenvalue weighted by Gasteiger charge is 2.18. The minimum Gasteiger partial charge on any atom is -0.378 e. The Hall–Kier alpha value is -1.99. The number of hydrazine groups is 1. The quantitative estimate of drug-likeness (QED) is 0.565. The van der Waals surface area contributed by atoms with Crippen molar-refractivity contribution in [1.29, 1.82) is 0 Å².